The largest absolute Gasteiger partial charge is 0.494 e. The normalized spacial score (nSPS) is 9.77. The third-order valence-corrected chi connectivity index (χ3v) is 2.33. The number of ketones is 1. The molecule has 0 fully saturated rings. The Kier molecular flexibility index (Phi) is 3.69. The van der Waals surface area contributed by atoms with Gasteiger partial charge in [0, 0.05) is 6.20 Å². The summed E-state index contributed by atoms with van der Waals surface area (Å²) >= 11 is 8.65. The number of nitrogens with zero attached hydrogens (tertiary/aromatic N) is 1. The van der Waals surface area contributed by atoms with Crippen LogP contribution in [0.25, 0.3) is 0 Å². The van der Waals surface area contributed by atoms with Gasteiger partial charge in [0.25, 0.3) is 0 Å². The zero-order valence-corrected chi connectivity index (χ0v) is 9.22. The summed E-state index contributed by atoms with van der Waals surface area (Å²) in [5, 5.41) is 0. The Labute approximate surface area is 89.2 Å². The summed E-state index contributed by atoms with van der Waals surface area (Å²) in [5.41, 5.74) is 0.438. The van der Waals surface area contributed by atoms with E-state index in [0.29, 0.717) is 15.8 Å². The molecule has 0 spiro atoms. The number of rotatable bonds is 3. The summed E-state index contributed by atoms with van der Waals surface area (Å²) in [6, 6.07) is 0. The van der Waals surface area contributed by atoms with Crippen LogP contribution in [0.3, 0.4) is 0 Å². The van der Waals surface area contributed by atoms with E-state index in [1.807, 2.05) is 0 Å². The number of pyridine rings is 1. The Morgan fingerprint density at radius 1 is 1.69 bits per heavy atom. The predicted molar refractivity (Wildman–Crippen MR) is 53.5 cm³/mol. The number of ether oxygens (including phenoxy) is 1. The van der Waals surface area contributed by atoms with Crippen molar-refractivity contribution in [2.75, 3.05) is 13.0 Å². The molecule has 0 saturated carbocycles. The van der Waals surface area contributed by atoms with Crippen LogP contribution in [0.4, 0.5) is 0 Å². The fraction of sp³-hybridized carbons (Fsp3) is 0.250. The van der Waals surface area contributed by atoms with Gasteiger partial charge in [-0.2, -0.15) is 0 Å². The second-order valence-electron chi connectivity index (χ2n) is 2.26. The quantitative estimate of drug-likeness (QED) is 0.621. The van der Waals surface area contributed by atoms with Crippen LogP contribution in [0.5, 0.6) is 5.75 Å². The van der Waals surface area contributed by atoms with E-state index in [-0.39, 0.29) is 11.7 Å². The maximum absolute atomic E-state index is 11.3. The number of carbonyl (C=O) groups is 1. The molecule has 0 saturated heterocycles. The topological polar surface area (TPSA) is 39.2 Å². The monoisotopic (exact) mass is 263 g/mol. The maximum atomic E-state index is 11.3. The number of halogens is 2. The first kappa shape index (κ1) is 10.5. The van der Waals surface area contributed by atoms with Crippen molar-refractivity contribution in [2.24, 2.45) is 0 Å². The molecule has 0 radical (unpaired) electrons. The van der Waals surface area contributed by atoms with E-state index in [9.17, 15) is 4.79 Å². The molecule has 0 aliphatic rings. The molecular formula is C8H7BrClNO2. The molecule has 13 heavy (non-hydrogen) atoms. The van der Waals surface area contributed by atoms with Crippen LogP contribution in [-0.4, -0.2) is 23.8 Å². The van der Waals surface area contributed by atoms with Gasteiger partial charge < -0.3 is 4.74 Å². The summed E-state index contributed by atoms with van der Waals surface area (Å²) in [6.45, 7) is 0. The van der Waals surface area contributed by atoms with E-state index in [2.05, 4.69) is 20.9 Å². The highest BCUT2D eigenvalue weighted by molar-refractivity contribution is 9.10. The average molecular weight is 265 g/mol. The Balaban J connectivity index is 3.22. The average Bonchev–Trinajstić information content (AvgIpc) is 2.16. The summed E-state index contributed by atoms with van der Waals surface area (Å²) in [4.78, 5) is 15.2. The predicted octanol–water partition coefficient (Wildman–Crippen LogP) is 2.27. The summed E-state index contributed by atoms with van der Waals surface area (Å²) in [5.74, 6) is 0.173. The summed E-state index contributed by atoms with van der Waals surface area (Å²) < 4.78 is 5.57. The molecule has 0 amide bonds. The molecule has 1 aromatic heterocycles. The molecule has 0 unspecified atom stereocenters. The first-order valence-electron chi connectivity index (χ1n) is 3.47. The Morgan fingerprint density at radius 3 is 2.92 bits per heavy atom. The number of alkyl halides is 1. The zero-order valence-electron chi connectivity index (χ0n) is 6.88. The molecule has 3 nitrogen and oxygen atoms in total. The van der Waals surface area contributed by atoms with Gasteiger partial charge in [0.1, 0.15) is 5.75 Å². The van der Waals surface area contributed by atoms with E-state index in [1.165, 1.54) is 19.5 Å². The van der Waals surface area contributed by atoms with Crippen LogP contribution in [0, 0.1) is 0 Å². The number of hydrogen-bond acceptors (Lipinski definition) is 3. The van der Waals surface area contributed by atoms with Crippen molar-refractivity contribution in [1.29, 1.82) is 0 Å². The molecule has 1 heterocycles. The fourth-order valence-electron chi connectivity index (χ4n) is 0.909. The van der Waals surface area contributed by atoms with Crippen molar-refractivity contribution in [2.45, 2.75) is 0 Å². The standard InChI is InChI=1S/C8H7BrClNO2/c1-13-7-4-11-3-5(9)8(7)6(12)2-10/h3-4H,2H2,1H3. The highest BCUT2D eigenvalue weighted by atomic mass is 79.9. The summed E-state index contributed by atoms with van der Waals surface area (Å²) in [6.07, 6.45) is 3.01. The fourth-order valence-corrected chi connectivity index (χ4v) is 1.58. The van der Waals surface area contributed by atoms with E-state index in [4.69, 9.17) is 16.3 Å². The Morgan fingerprint density at radius 2 is 2.38 bits per heavy atom. The van der Waals surface area contributed by atoms with Crippen molar-refractivity contribution in [3.05, 3.63) is 22.4 Å². The minimum Gasteiger partial charge on any atom is -0.494 e. The number of Topliss-reactive ketones (excluding diaryl/α,β-unsaturated/α-hetero) is 1. The highest BCUT2D eigenvalue weighted by Crippen LogP contribution is 2.25. The number of hydrogen-bond donors (Lipinski definition) is 0. The van der Waals surface area contributed by atoms with Gasteiger partial charge >= 0.3 is 0 Å². The van der Waals surface area contributed by atoms with Gasteiger partial charge in [-0.05, 0) is 15.9 Å². The van der Waals surface area contributed by atoms with Crippen molar-refractivity contribution >= 4 is 33.3 Å². The lowest BCUT2D eigenvalue weighted by Gasteiger charge is -2.06. The van der Waals surface area contributed by atoms with Gasteiger partial charge in [-0.1, -0.05) is 0 Å². The SMILES string of the molecule is COc1cncc(Br)c1C(=O)CCl. The lowest BCUT2D eigenvalue weighted by molar-refractivity contribution is 0.101. The van der Waals surface area contributed by atoms with E-state index >= 15 is 0 Å². The molecular weight excluding hydrogens is 257 g/mol. The molecule has 1 rings (SSSR count). The van der Waals surface area contributed by atoms with Crippen LogP contribution in [-0.2, 0) is 0 Å². The molecule has 1 aromatic rings. The first-order valence-corrected chi connectivity index (χ1v) is 4.80. The van der Waals surface area contributed by atoms with E-state index in [0.717, 1.165) is 0 Å². The maximum Gasteiger partial charge on any atom is 0.182 e. The van der Waals surface area contributed by atoms with Gasteiger partial charge in [-0.25, -0.2) is 0 Å². The third kappa shape index (κ3) is 2.19. The van der Waals surface area contributed by atoms with Crippen LogP contribution < -0.4 is 4.74 Å². The lowest BCUT2D eigenvalue weighted by Crippen LogP contribution is -2.05. The number of methoxy groups -OCH3 is 1. The molecule has 0 aromatic carbocycles. The number of aromatic nitrogens is 1. The van der Waals surface area contributed by atoms with Crippen LogP contribution in [0.15, 0.2) is 16.9 Å². The second kappa shape index (κ2) is 4.58. The lowest BCUT2D eigenvalue weighted by atomic mass is 10.2. The van der Waals surface area contributed by atoms with Gasteiger partial charge in [0.05, 0.1) is 29.2 Å². The van der Waals surface area contributed by atoms with Crippen molar-refractivity contribution < 1.29 is 9.53 Å². The van der Waals surface area contributed by atoms with E-state index < -0.39 is 0 Å². The van der Waals surface area contributed by atoms with Gasteiger partial charge in [0.15, 0.2) is 5.78 Å². The molecule has 0 N–H and O–H groups in total. The van der Waals surface area contributed by atoms with E-state index in [1.54, 1.807) is 0 Å². The van der Waals surface area contributed by atoms with Crippen molar-refractivity contribution in [3.8, 4) is 5.75 Å². The van der Waals surface area contributed by atoms with Crippen LogP contribution >= 0.6 is 27.5 Å². The minimum absolute atomic E-state index is 0.0705. The molecule has 0 bridgehead atoms. The molecule has 5 heteroatoms. The molecule has 0 aliphatic carbocycles. The molecule has 0 aliphatic heterocycles. The molecule has 0 atom stereocenters. The summed E-state index contributed by atoms with van der Waals surface area (Å²) in [7, 11) is 1.48. The van der Waals surface area contributed by atoms with Crippen LogP contribution in [0.1, 0.15) is 10.4 Å². The van der Waals surface area contributed by atoms with Crippen molar-refractivity contribution in [1.82, 2.24) is 4.98 Å². The second-order valence-corrected chi connectivity index (χ2v) is 3.38. The number of carbonyl (C=O) groups excluding carboxylic acids is 1. The van der Waals surface area contributed by atoms with Gasteiger partial charge in [-0.3, -0.25) is 9.78 Å². The third-order valence-electron chi connectivity index (χ3n) is 1.49. The highest BCUT2D eigenvalue weighted by Gasteiger charge is 2.14. The smallest absolute Gasteiger partial charge is 0.182 e. The van der Waals surface area contributed by atoms with Gasteiger partial charge in [-0.15, -0.1) is 11.6 Å². The van der Waals surface area contributed by atoms with Gasteiger partial charge in [0.2, 0.25) is 0 Å². The van der Waals surface area contributed by atoms with Crippen LogP contribution in [0.2, 0.25) is 0 Å². The Bertz CT molecular complexity index is 330. The zero-order chi connectivity index (χ0) is 9.84. The molecule has 70 valence electrons. The Hall–Kier alpha value is -0.610. The first-order chi connectivity index (χ1) is 6.20. The minimum atomic E-state index is -0.187. The van der Waals surface area contributed by atoms with Crippen molar-refractivity contribution in [3.63, 3.8) is 0 Å².